The molecule has 102 valence electrons. The minimum Gasteiger partial charge on any atom is -0.398 e. The Labute approximate surface area is 120 Å². The van der Waals surface area contributed by atoms with Gasteiger partial charge in [-0.25, -0.2) is 0 Å². The van der Waals surface area contributed by atoms with Crippen molar-refractivity contribution >= 4 is 11.4 Å². The van der Waals surface area contributed by atoms with E-state index in [0.29, 0.717) is 0 Å². The van der Waals surface area contributed by atoms with Crippen LogP contribution in [0.15, 0.2) is 61.7 Å². The first-order chi connectivity index (χ1) is 9.65. The fraction of sp³-hybridized carbons (Fsp3) is 0.111. The largest absolute Gasteiger partial charge is 0.398 e. The SMILES string of the molecule is C=CCc1ccc(N)c(-c2cc(CC=C)ccc2N)c1. The molecule has 0 saturated heterocycles. The summed E-state index contributed by atoms with van der Waals surface area (Å²) in [6.07, 6.45) is 5.40. The number of anilines is 2. The van der Waals surface area contributed by atoms with Crippen LogP contribution < -0.4 is 11.5 Å². The summed E-state index contributed by atoms with van der Waals surface area (Å²) in [6.45, 7) is 7.54. The van der Waals surface area contributed by atoms with Crippen LogP contribution >= 0.6 is 0 Å². The van der Waals surface area contributed by atoms with Crippen molar-refractivity contribution in [3.63, 3.8) is 0 Å². The van der Waals surface area contributed by atoms with E-state index in [9.17, 15) is 0 Å². The summed E-state index contributed by atoms with van der Waals surface area (Å²) >= 11 is 0. The number of rotatable bonds is 5. The standard InChI is InChI=1S/C18H20N2/c1-3-5-13-7-9-17(19)15(11-13)16-12-14(6-4-2)8-10-18(16)20/h3-4,7-12H,1-2,5-6,19-20H2. The molecule has 0 aliphatic carbocycles. The molecule has 0 heterocycles. The van der Waals surface area contributed by atoms with Gasteiger partial charge in [-0.2, -0.15) is 0 Å². The molecule has 4 N–H and O–H groups in total. The third-order valence-corrected chi connectivity index (χ3v) is 3.29. The predicted molar refractivity (Wildman–Crippen MR) is 88.5 cm³/mol. The van der Waals surface area contributed by atoms with E-state index in [0.717, 1.165) is 35.3 Å². The molecule has 0 saturated carbocycles. The third-order valence-electron chi connectivity index (χ3n) is 3.29. The van der Waals surface area contributed by atoms with Gasteiger partial charge in [-0.3, -0.25) is 0 Å². The van der Waals surface area contributed by atoms with E-state index in [-0.39, 0.29) is 0 Å². The second-order valence-electron chi connectivity index (χ2n) is 4.83. The van der Waals surface area contributed by atoms with E-state index in [1.54, 1.807) is 0 Å². The highest BCUT2D eigenvalue weighted by Crippen LogP contribution is 2.32. The van der Waals surface area contributed by atoms with Gasteiger partial charge in [-0.1, -0.05) is 24.3 Å². The molecule has 2 aromatic rings. The highest BCUT2D eigenvalue weighted by atomic mass is 14.6. The number of nitrogen functional groups attached to an aromatic ring is 2. The molecule has 2 nitrogen and oxygen atoms in total. The van der Waals surface area contributed by atoms with Crippen molar-refractivity contribution in [2.24, 2.45) is 0 Å². The van der Waals surface area contributed by atoms with E-state index in [2.05, 4.69) is 25.3 Å². The number of allylic oxidation sites excluding steroid dienone is 2. The first-order valence-electron chi connectivity index (χ1n) is 6.64. The lowest BCUT2D eigenvalue weighted by Crippen LogP contribution is -1.97. The lowest BCUT2D eigenvalue weighted by molar-refractivity contribution is 1.27. The zero-order valence-electron chi connectivity index (χ0n) is 11.6. The monoisotopic (exact) mass is 264 g/mol. The number of hydrogen-bond donors (Lipinski definition) is 2. The van der Waals surface area contributed by atoms with Gasteiger partial charge in [-0.15, -0.1) is 13.2 Å². The molecular formula is C18H20N2. The number of nitrogens with two attached hydrogens (primary N) is 2. The molecule has 0 aromatic heterocycles. The van der Waals surface area contributed by atoms with Crippen molar-refractivity contribution < 1.29 is 0 Å². The van der Waals surface area contributed by atoms with Crippen LogP contribution in [0.3, 0.4) is 0 Å². The number of hydrogen-bond acceptors (Lipinski definition) is 2. The Bertz CT molecular complexity index is 584. The quantitative estimate of drug-likeness (QED) is 0.634. The summed E-state index contributed by atoms with van der Waals surface area (Å²) in [6, 6.07) is 12.1. The van der Waals surface area contributed by atoms with Crippen molar-refractivity contribution in [3.05, 3.63) is 72.8 Å². The van der Waals surface area contributed by atoms with Crippen LogP contribution in [0.1, 0.15) is 11.1 Å². The summed E-state index contributed by atoms with van der Waals surface area (Å²) in [7, 11) is 0. The van der Waals surface area contributed by atoms with Gasteiger partial charge >= 0.3 is 0 Å². The van der Waals surface area contributed by atoms with E-state index in [1.165, 1.54) is 11.1 Å². The minimum absolute atomic E-state index is 0.736. The van der Waals surface area contributed by atoms with Crippen LogP contribution in [0.25, 0.3) is 11.1 Å². The smallest absolute Gasteiger partial charge is 0.0394 e. The number of benzene rings is 2. The fourth-order valence-corrected chi connectivity index (χ4v) is 2.26. The van der Waals surface area contributed by atoms with Gasteiger partial charge < -0.3 is 11.5 Å². The molecular weight excluding hydrogens is 244 g/mol. The molecule has 0 fully saturated rings. The van der Waals surface area contributed by atoms with Gasteiger partial charge in [0.2, 0.25) is 0 Å². The van der Waals surface area contributed by atoms with E-state index in [4.69, 9.17) is 11.5 Å². The molecule has 0 bridgehead atoms. The zero-order chi connectivity index (χ0) is 14.5. The van der Waals surface area contributed by atoms with Gasteiger partial charge in [0, 0.05) is 22.5 Å². The first-order valence-corrected chi connectivity index (χ1v) is 6.64. The Kier molecular flexibility index (Phi) is 4.26. The molecule has 0 amide bonds. The van der Waals surface area contributed by atoms with Gasteiger partial charge in [0.05, 0.1) is 0 Å². The van der Waals surface area contributed by atoms with E-state index in [1.807, 2.05) is 36.4 Å². The van der Waals surface area contributed by atoms with Crippen molar-refractivity contribution in [2.75, 3.05) is 11.5 Å². The molecule has 0 unspecified atom stereocenters. The topological polar surface area (TPSA) is 52.0 Å². The average molecular weight is 264 g/mol. The molecule has 0 aliphatic rings. The maximum Gasteiger partial charge on any atom is 0.0394 e. The summed E-state index contributed by atoms with van der Waals surface area (Å²) < 4.78 is 0. The lowest BCUT2D eigenvalue weighted by Gasteiger charge is -2.12. The Morgan fingerprint density at radius 2 is 1.15 bits per heavy atom. The Balaban J connectivity index is 2.54. The summed E-state index contributed by atoms with van der Waals surface area (Å²) in [5.74, 6) is 0. The van der Waals surface area contributed by atoms with E-state index < -0.39 is 0 Å². The third kappa shape index (κ3) is 2.91. The maximum atomic E-state index is 6.11. The normalized spacial score (nSPS) is 10.2. The summed E-state index contributed by atoms with van der Waals surface area (Å²) in [5.41, 5.74) is 18.0. The van der Waals surface area contributed by atoms with Crippen LogP contribution in [0.4, 0.5) is 11.4 Å². The van der Waals surface area contributed by atoms with Gasteiger partial charge in [0.1, 0.15) is 0 Å². The molecule has 2 rings (SSSR count). The first kappa shape index (κ1) is 13.9. The van der Waals surface area contributed by atoms with E-state index >= 15 is 0 Å². The molecule has 2 aromatic carbocycles. The van der Waals surface area contributed by atoms with Crippen LogP contribution in [-0.2, 0) is 12.8 Å². The van der Waals surface area contributed by atoms with Crippen LogP contribution in [0.2, 0.25) is 0 Å². The van der Waals surface area contributed by atoms with Crippen molar-refractivity contribution in [2.45, 2.75) is 12.8 Å². The van der Waals surface area contributed by atoms with Gasteiger partial charge in [-0.05, 0) is 48.2 Å². The summed E-state index contributed by atoms with van der Waals surface area (Å²) in [5, 5.41) is 0. The molecule has 0 radical (unpaired) electrons. The highest BCUT2D eigenvalue weighted by Gasteiger charge is 2.08. The fourth-order valence-electron chi connectivity index (χ4n) is 2.26. The molecule has 0 aliphatic heterocycles. The minimum atomic E-state index is 0.736. The predicted octanol–water partition coefficient (Wildman–Crippen LogP) is 3.98. The van der Waals surface area contributed by atoms with Crippen LogP contribution in [0, 0.1) is 0 Å². The van der Waals surface area contributed by atoms with Crippen molar-refractivity contribution in [3.8, 4) is 11.1 Å². The lowest BCUT2D eigenvalue weighted by atomic mass is 9.96. The molecule has 2 heteroatoms. The Morgan fingerprint density at radius 1 is 0.750 bits per heavy atom. The molecule has 20 heavy (non-hydrogen) atoms. The van der Waals surface area contributed by atoms with Gasteiger partial charge in [0.25, 0.3) is 0 Å². The Hall–Kier alpha value is -2.48. The molecule has 0 atom stereocenters. The second kappa shape index (κ2) is 6.11. The van der Waals surface area contributed by atoms with Crippen LogP contribution in [0.5, 0.6) is 0 Å². The molecule has 0 spiro atoms. The van der Waals surface area contributed by atoms with Crippen LogP contribution in [-0.4, -0.2) is 0 Å². The van der Waals surface area contributed by atoms with Crippen molar-refractivity contribution in [1.29, 1.82) is 0 Å². The zero-order valence-corrected chi connectivity index (χ0v) is 11.6. The van der Waals surface area contributed by atoms with Gasteiger partial charge in [0.15, 0.2) is 0 Å². The Morgan fingerprint density at radius 3 is 1.50 bits per heavy atom. The second-order valence-corrected chi connectivity index (χ2v) is 4.83. The maximum absolute atomic E-state index is 6.11. The average Bonchev–Trinajstić information content (AvgIpc) is 2.44. The summed E-state index contributed by atoms with van der Waals surface area (Å²) in [4.78, 5) is 0. The van der Waals surface area contributed by atoms with Crippen molar-refractivity contribution in [1.82, 2.24) is 0 Å². The highest BCUT2D eigenvalue weighted by molar-refractivity contribution is 5.85.